The maximum atomic E-state index is 14.1. The van der Waals surface area contributed by atoms with Crippen molar-refractivity contribution < 1.29 is 38.4 Å². The first-order chi connectivity index (χ1) is 28.3. The zero-order valence-electron chi connectivity index (χ0n) is 34.1. The minimum absolute atomic E-state index is 0.0321. The standard InChI is InChI=1S/C37H61N15O8/c1-20(48-32(57)23(38)14-15-28(39)53)30(55)47-21(2)31(56)50-25(12-7-17-46-37(43)44)35(60)52-18-8-13-27(52)34(59)49-24(11-6-16-45-36(41)42)33(58)51-26(29(40)54)19-22-9-4-3-5-10-22/h3-5,9-10,20-21,23-27H,6-8,11-19,38H2,1-2H3,(H2,39,53)(H2,40,54)(H,47,55)(H,48,57)(H,49,59)(H,50,56)(H,51,58)(H4,41,42,45)(H4,43,44,46)/t20-,21-,23-,24-,25-,26-,27-/m0/s1. The highest BCUT2D eigenvalue weighted by Gasteiger charge is 2.39. The highest BCUT2D eigenvalue weighted by Crippen LogP contribution is 2.21. The second-order valence-corrected chi connectivity index (χ2v) is 14.4. The molecule has 1 heterocycles. The monoisotopic (exact) mass is 843 g/mol. The van der Waals surface area contributed by atoms with Gasteiger partial charge in [-0.25, -0.2) is 0 Å². The number of carbonyl (C=O) groups excluding carboxylic acids is 8. The summed E-state index contributed by atoms with van der Waals surface area (Å²) in [6.07, 6.45) is 1.18. The van der Waals surface area contributed by atoms with E-state index in [0.717, 1.165) is 5.56 Å². The average molecular weight is 844 g/mol. The number of hydrogen-bond acceptors (Lipinski definition) is 11. The van der Waals surface area contributed by atoms with Gasteiger partial charge in [0.25, 0.3) is 0 Å². The number of nitrogens with one attached hydrogen (secondary N) is 5. The Bertz CT molecular complexity index is 1720. The number of rotatable bonds is 25. The summed E-state index contributed by atoms with van der Waals surface area (Å²) < 4.78 is 0. The molecule has 0 aromatic heterocycles. The van der Waals surface area contributed by atoms with Crippen LogP contribution in [-0.2, 0) is 44.8 Å². The van der Waals surface area contributed by atoms with Crippen LogP contribution in [0.1, 0.15) is 70.8 Å². The van der Waals surface area contributed by atoms with Crippen LogP contribution < -0.4 is 66.7 Å². The maximum Gasteiger partial charge on any atom is 0.245 e. The van der Waals surface area contributed by atoms with Crippen molar-refractivity contribution >= 4 is 59.2 Å². The maximum absolute atomic E-state index is 14.1. The molecule has 0 spiro atoms. The fourth-order valence-electron chi connectivity index (χ4n) is 6.16. The summed E-state index contributed by atoms with van der Waals surface area (Å²) in [6.45, 7) is 3.13. The van der Waals surface area contributed by atoms with E-state index in [1.807, 2.05) is 0 Å². The minimum Gasteiger partial charge on any atom is -0.370 e. The van der Waals surface area contributed by atoms with Gasteiger partial charge in [0, 0.05) is 32.5 Å². The zero-order valence-corrected chi connectivity index (χ0v) is 34.1. The number of amides is 8. The predicted octanol–water partition coefficient (Wildman–Crippen LogP) is -5.13. The number of nitrogens with two attached hydrogens (primary N) is 7. The molecule has 0 saturated carbocycles. The smallest absolute Gasteiger partial charge is 0.245 e. The lowest BCUT2D eigenvalue weighted by molar-refractivity contribution is -0.142. The Balaban J connectivity index is 2.22. The zero-order chi connectivity index (χ0) is 44.9. The quantitative estimate of drug-likeness (QED) is 0.0249. The van der Waals surface area contributed by atoms with E-state index in [0.29, 0.717) is 6.42 Å². The van der Waals surface area contributed by atoms with Crippen LogP contribution in [0.25, 0.3) is 0 Å². The molecule has 23 nitrogen and oxygen atoms in total. The molecule has 23 heteroatoms. The predicted molar refractivity (Wildman–Crippen MR) is 221 cm³/mol. The SMILES string of the molecule is C[C@H](NC(=O)[C@H](C)NC(=O)[C@@H](N)CCC(N)=O)C(=O)N[C@@H](CCCN=C(N)N)C(=O)N1CCC[C@H]1C(=O)N[C@@H](CCCN=C(N)N)C(=O)N[C@@H](Cc1ccccc1)C(N)=O. The van der Waals surface area contributed by atoms with Crippen LogP contribution in [0.15, 0.2) is 40.3 Å². The highest BCUT2D eigenvalue weighted by molar-refractivity contribution is 5.97. The Morgan fingerprint density at radius 3 is 1.77 bits per heavy atom. The van der Waals surface area contributed by atoms with Crippen molar-refractivity contribution in [3.05, 3.63) is 35.9 Å². The summed E-state index contributed by atoms with van der Waals surface area (Å²) in [6, 6.07) is 0.931. The number of likely N-dealkylation sites (tertiary alicyclic amines) is 1. The van der Waals surface area contributed by atoms with Gasteiger partial charge in [0.05, 0.1) is 6.04 Å². The molecule has 332 valence electrons. The van der Waals surface area contributed by atoms with Crippen molar-refractivity contribution in [2.45, 2.75) is 114 Å². The number of carbonyl (C=O) groups is 8. The van der Waals surface area contributed by atoms with Crippen LogP contribution in [0.5, 0.6) is 0 Å². The summed E-state index contributed by atoms with van der Waals surface area (Å²) >= 11 is 0. The molecule has 0 unspecified atom stereocenters. The number of nitrogens with zero attached hydrogens (tertiary/aromatic N) is 3. The Hall–Kier alpha value is -6.52. The van der Waals surface area contributed by atoms with Gasteiger partial charge in [-0.1, -0.05) is 30.3 Å². The third-order valence-corrected chi connectivity index (χ3v) is 9.46. The molecule has 19 N–H and O–H groups in total. The van der Waals surface area contributed by atoms with Gasteiger partial charge in [-0.15, -0.1) is 0 Å². The van der Waals surface area contributed by atoms with Crippen LogP contribution >= 0.6 is 0 Å². The van der Waals surface area contributed by atoms with Gasteiger partial charge in [0.2, 0.25) is 47.3 Å². The lowest BCUT2D eigenvalue weighted by atomic mass is 10.0. The first kappa shape index (κ1) is 49.6. The molecule has 60 heavy (non-hydrogen) atoms. The molecule has 1 aliphatic heterocycles. The number of aliphatic imine (C=N–C) groups is 2. The van der Waals surface area contributed by atoms with Gasteiger partial charge < -0.3 is 71.6 Å². The molecule has 2 rings (SSSR count). The number of primary amides is 2. The van der Waals surface area contributed by atoms with Crippen LogP contribution in [0, 0.1) is 0 Å². The molecule has 8 amide bonds. The molecular weight excluding hydrogens is 783 g/mol. The summed E-state index contributed by atoms with van der Waals surface area (Å²) in [5, 5.41) is 12.9. The third-order valence-electron chi connectivity index (χ3n) is 9.46. The van der Waals surface area contributed by atoms with E-state index in [9.17, 15) is 38.4 Å². The summed E-state index contributed by atoms with van der Waals surface area (Å²) in [7, 11) is 0. The summed E-state index contributed by atoms with van der Waals surface area (Å²) in [5.41, 5.74) is 39.0. The van der Waals surface area contributed by atoms with Crippen molar-refractivity contribution in [1.29, 1.82) is 0 Å². The lowest BCUT2D eigenvalue weighted by Crippen LogP contribution is -2.59. The summed E-state index contributed by atoms with van der Waals surface area (Å²) in [4.78, 5) is 113. The molecule has 1 aromatic rings. The Labute approximate surface area is 348 Å². The molecule has 0 radical (unpaired) electrons. The molecule has 1 saturated heterocycles. The van der Waals surface area contributed by atoms with Crippen LogP contribution in [-0.4, -0.2) is 126 Å². The average Bonchev–Trinajstić information content (AvgIpc) is 3.69. The first-order valence-corrected chi connectivity index (χ1v) is 19.6. The van der Waals surface area contributed by atoms with E-state index >= 15 is 0 Å². The number of benzene rings is 1. The topological polar surface area (TPSA) is 407 Å². The Morgan fingerprint density at radius 2 is 1.22 bits per heavy atom. The second-order valence-electron chi connectivity index (χ2n) is 14.4. The Kier molecular flexibility index (Phi) is 20.7. The van der Waals surface area contributed by atoms with Gasteiger partial charge in [-0.3, -0.25) is 48.3 Å². The normalized spacial score (nSPS) is 16.3. The van der Waals surface area contributed by atoms with Gasteiger partial charge in [0.15, 0.2) is 11.9 Å². The number of guanidine groups is 2. The van der Waals surface area contributed by atoms with Crippen molar-refractivity contribution in [2.24, 2.45) is 50.1 Å². The van der Waals surface area contributed by atoms with Gasteiger partial charge >= 0.3 is 0 Å². The van der Waals surface area contributed by atoms with E-state index in [4.69, 9.17) is 40.1 Å². The Morgan fingerprint density at radius 1 is 0.683 bits per heavy atom. The van der Waals surface area contributed by atoms with Crippen molar-refractivity contribution in [3.63, 3.8) is 0 Å². The van der Waals surface area contributed by atoms with Crippen molar-refractivity contribution in [1.82, 2.24) is 31.5 Å². The van der Waals surface area contributed by atoms with E-state index in [-0.39, 0.29) is 82.9 Å². The first-order valence-electron chi connectivity index (χ1n) is 19.6. The van der Waals surface area contributed by atoms with Gasteiger partial charge in [-0.05, 0) is 64.4 Å². The largest absolute Gasteiger partial charge is 0.370 e. The molecule has 7 atom stereocenters. The molecule has 1 aromatic carbocycles. The fraction of sp³-hybridized carbons (Fsp3) is 0.568. The fourth-order valence-corrected chi connectivity index (χ4v) is 6.16. The van der Waals surface area contributed by atoms with E-state index in [1.165, 1.54) is 18.7 Å². The van der Waals surface area contributed by atoms with Crippen LogP contribution in [0.2, 0.25) is 0 Å². The molecule has 0 aliphatic carbocycles. The summed E-state index contributed by atoms with van der Waals surface area (Å²) in [5.74, 6) is -5.92. The highest BCUT2D eigenvalue weighted by atomic mass is 16.2. The number of hydrogen-bond donors (Lipinski definition) is 12. The van der Waals surface area contributed by atoms with Crippen LogP contribution in [0.4, 0.5) is 0 Å². The minimum atomic E-state index is -1.20. The lowest BCUT2D eigenvalue weighted by Gasteiger charge is -2.30. The van der Waals surface area contributed by atoms with E-state index < -0.39 is 89.6 Å². The van der Waals surface area contributed by atoms with Crippen molar-refractivity contribution in [3.8, 4) is 0 Å². The molecular formula is C37H61N15O8. The van der Waals surface area contributed by atoms with Crippen LogP contribution in [0.3, 0.4) is 0 Å². The van der Waals surface area contributed by atoms with Gasteiger partial charge in [0.1, 0.15) is 36.3 Å². The molecule has 0 bridgehead atoms. The third kappa shape index (κ3) is 17.5. The van der Waals surface area contributed by atoms with E-state index in [1.54, 1.807) is 30.3 Å². The second kappa shape index (κ2) is 25.1. The van der Waals surface area contributed by atoms with Crippen molar-refractivity contribution in [2.75, 3.05) is 19.6 Å². The molecule has 1 fully saturated rings. The van der Waals surface area contributed by atoms with E-state index in [2.05, 4.69) is 36.6 Å². The molecule has 1 aliphatic rings. The van der Waals surface area contributed by atoms with Gasteiger partial charge in [-0.2, -0.15) is 0 Å².